The number of nitro benzene ring substituents is 2. The summed E-state index contributed by atoms with van der Waals surface area (Å²) in [6.45, 7) is 3.80. The van der Waals surface area contributed by atoms with Crippen molar-refractivity contribution >= 4 is 28.5 Å². The molecule has 2 heterocycles. The van der Waals surface area contributed by atoms with Crippen LogP contribution in [0.3, 0.4) is 0 Å². The molecule has 32 heavy (non-hydrogen) atoms. The number of hydrogen-bond donors (Lipinski definition) is 0. The van der Waals surface area contributed by atoms with Gasteiger partial charge in [-0.3, -0.25) is 25.0 Å². The Balaban J connectivity index is 1.80. The third-order valence-electron chi connectivity index (χ3n) is 5.58. The molecule has 0 saturated carbocycles. The van der Waals surface area contributed by atoms with Crippen LogP contribution in [-0.2, 0) is 9.47 Å². The Labute approximate surface area is 183 Å². The zero-order valence-corrected chi connectivity index (χ0v) is 17.3. The van der Waals surface area contributed by atoms with Crippen LogP contribution in [0.2, 0.25) is 0 Å². The van der Waals surface area contributed by atoms with Crippen LogP contribution in [-0.4, -0.2) is 68.2 Å². The van der Waals surface area contributed by atoms with E-state index in [1.54, 1.807) is 0 Å². The van der Waals surface area contributed by atoms with Gasteiger partial charge in [0.2, 0.25) is 0 Å². The fourth-order valence-corrected chi connectivity index (χ4v) is 3.93. The molecule has 0 bridgehead atoms. The molecule has 168 valence electrons. The molecule has 2 aliphatic rings. The van der Waals surface area contributed by atoms with Gasteiger partial charge >= 0.3 is 0 Å². The maximum atomic E-state index is 13.7. The number of ether oxygens (including phenoxy) is 2. The lowest BCUT2D eigenvalue weighted by atomic mass is 9.97. The summed E-state index contributed by atoms with van der Waals surface area (Å²) >= 11 is 0. The van der Waals surface area contributed by atoms with Crippen molar-refractivity contribution < 1.29 is 24.1 Å². The summed E-state index contributed by atoms with van der Waals surface area (Å²) in [7, 11) is 0. The Kier molecular flexibility index (Phi) is 6.28. The quantitative estimate of drug-likeness (QED) is 0.376. The summed E-state index contributed by atoms with van der Waals surface area (Å²) in [6, 6.07) is 8.32. The molecule has 11 heteroatoms. The highest BCUT2D eigenvalue weighted by atomic mass is 16.6. The molecule has 0 N–H and O–H groups in total. The van der Waals surface area contributed by atoms with E-state index >= 15 is 0 Å². The van der Waals surface area contributed by atoms with E-state index in [1.807, 2.05) is 9.80 Å². The fraction of sp³-hybridized carbons (Fsp3) is 0.381. The zero-order valence-electron chi connectivity index (χ0n) is 17.3. The lowest BCUT2D eigenvalue weighted by Gasteiger charge is -2.31. The van der Waals surface area contributed by atoms with Gasteiger partial charge in [0.1, 0.15) is 0 Å². The molecule has 0 radical (unpaired) electrons. The second kappa shape index (κ2) is 9.28. The Morgan fingerprint density at radius 2 is 1.09 bits per heavy atom. The molecule has 2 aromatic carbocycles. The summed E-state index contributed by atoms with van der Waals surface area (Å²) in [4.78, 5) is 39.2. The molecule has 0 amide bonds. The molecule has 2 aliphatic heterocycles. The molecule has 4 rings (SSSR count). The van der Waals surface area contributed by atoms with Gasteiger partial charge in [0.25, 0.3) is 11.4 Å². The molecular formula is C21H22N4O7. The van der Waals surface area contributed by atoms with E-state index in [1.165, 1.54) is 36.4 Å². The van der Waals surface area contributed by atoms with Gasteiger partial charge in [-0.05, 0) is 12.1 Å². The van der Waals surface area contributed by atoms with Gasteiger partial charge in [-0.1, -0.05) is 0 Å². The predicted molar refractivity (Wildman–Crippen MR) is 116 cm³/mol. The molecule has 0 aliphatic carbocycles. The van der Waals surface area contributed by atoms with Crippen LogP contribution >= 0.6 is 0 Å². The van der Waals surface area contributed by atoms with Crippen LogP contribution in [0.1, 0.15) is 15.9 Å². The molecule has 0 spiro atoms. The smallest absolute Gasteiger partial charge is 0.271 e. The number of non-ortho nitro benzene ring substituents is 2. The minimum atomic E-state index is -0.497. The molecule has 0 unspecified atom stereocenters. The number of anilines is 2. The second-order valence-electron chi connectivity index (χ2n) is 7.45. The van der Waals surface area contributed by atoms with Gasteiger partial charge in [0, 0.05) is 61.6 Å². The first-order chi connectivity index (χ1) is 15.5. The maximum Gasteiger partial charge on any atom is 0.271 e. The number of nitro groups is 2. The summed E-state index contributed by atoms with van der Waals surface area (Å²) < 4.78 is 10.8. The van der Waals surface area contributed by atoms with E-state index in [2.05, 4.69) is 0 Å². The number of carbonyl (C=O) groups is 1. The summed E-state index contributed by atoms with van der Waals surface area (Å²) in [6.07, 6.45) is 0. The number of ketones is 1. The SMILES string of the molecule is O=C(c1ccc([N+](=O)[O-])cc1N1CCOCC1)c1ccc([N+](=O)[O-])cc1N1CCOCC1. The third kappa shape index (κ3) is 4.39. The lowest BCUT2D eigenvalue weighted by molar-refractivity contribution is -0.385. The van der Waals surface area contributed by atoms with Gasteiger partial charge in [-0.15, -0.1) is 0 Å². The Bertz CT molecular complexity index is 965. The minimum absolute atomic E-state index is 0.111. The molecule has 11 nitrogen and oxygen atoms in total. The van der Waals surface area contributed by atoms with Gasteiger partial charge in [-0.2, -0.15) is 0 Å². The predicted octanol–water partition coefficient (Wildman–Crippen LogP) is 2.41. The summed E-state index contributed by atoms with van der Waals surface area (Å²) in [5.74, 6) is -0.349. The average Bonchev–Trinajstić information content (AvgIpc) is 2.84. The van der Waals surface area contributed by atoms with Crippen LogP contribution in [0.25, 0.3) is 0 Å². The van der Waals surface area contributed by atoms with E-state index in [4.69, 9.17) is 9.47 Å². The van der Waals surface area contributed by atoms with E-state index in [0.29, 0.717) is 75.1 Å². The fourth-order valence-electron chi connectivity index (χ4n) is 3.93. The van der Waals surface area contributed by atoms with Crippen LogP contribution in [0.15, 0.2) is 36.4 Å². The lowest BCUT2D eigenvalue weighted by Crippen LogP contribution is -2.38. The number of rotatable bonds is 6. The normalized spacial score (nSPS) is 16.6. The highest BCUT2D eigenvalue weighted by molar-refractivity contribution is 6.15. The van der Waals surface area contributed by atoms with E-state index in [0.717, 1.165) is 0 Å². The molecule has 0 aromatic heterocycles. The first kappa shape index (κ1) is 21.7. The number of benzene rings is 2. The second-order valence-corrected chi connectivity index (χ2v) is 7.45. The molecule has 2 saturated heterocycles. The van der Waals surface area contributed by atoms with Crippen molar-refractivity contribution in [3.63, 3.8) is 0 Å². The van der Waals surface area contributed by atoms with Crippen LogP contribution < -0.4 is 9.80 Å². The van der Waals surface area contributed by atoms with Gasteiger partial charge in [-0.25, -0.2) is 0 Å². The van der Waals surface area contributed by atoms with Crippen molar-refractivity contribution in [2.24, 2.45) is 0 Å². The van der Waals surface area contributed by atoms with Crippen molar-refractivity contribution in [2.75, 3.05) is 62.4 Å². The number of hydrogen-bond acceptors (Lipinski definition) is 9. The largest absolute Gasteiger partial charge is 0.378 e. The number of carbonyl (C=O) groups excluding carboxylic acids is 1. The molecule has 0 atom stereocenters. The van der Waals surface area contributed by atoms with Crippen molar-refractivity contribution in [3.8, 4) is 0 Å². The number of nitrogens with zero attached hydrogens (tertiary/aromatic N) is 4. The average molecular weight is 442 g/mol. The molecular weight excluding hydrogens is 420 g/mol. The van der Waals surface area contributed by atoms with Gasteiger partial charge in [0.15, 0.2) is 5.78 Å². The third-order valence-corrected chi connectivity index (χ3v) is 5.58. The van der Waals surface area contributed by atoms with Gasteiger partial charge < -0.3 is 19.3 Å². The van der Waals surface area contributed by atoms with Gasteiger partial charge in [0.05, 0.1) is 47.6 Å². The van der Waals surface area contributed by atoms with Crippen LogP contribution in [0.5, 0.6) is 0 Å². The first-order valence-corrected chi connectivity index (χ1v) is 10.2. The highest BCUT2D eigenvalue weighted by Crippen LogP contribution is 2.33. The standard InChI is InChI=1S/C21H22N4O7/c26-21(17-3-1-15(24(27)28)13-19(17)22-5-9-31-10-6-22)18-4-2-16(25(29)30)14-20(18)23-7-11-32-12-8-23/h1-4,13-14H,5-12H2. The van der Waals surface area contributed by atoms with Crippen LogP contribution in [0, 0.1) is 20.2 Å². The van der Waals surface area contributed by atoms with E-state index in [-0.39, 0.29) is 17.2 Å². The van der Waals surface area contributed by atoms with E-state index in [9.17, 15) is 25.0 Å². The zero-order chi connectivity index (χ0) is 22.7. The maximum absolute atomic E-state index is 13.7. The summed E-state index contributed by atoms with van der Waals surface area (Å²) in [5, 5.41) is 22.7. The Morgan fingerprint density at radius 3 is 1.44 bits per heavy atom. The number of morpholine rings is 2. The summed E-state index contributed by atoms with van der Waals surface area (Å²) in [5.41, 5.74) is 1.31. The molecule has 2 fully saturated rings. The first-order valence-electron chi connectivity index (χ1n) is 10.2. The minimum Gasteiger partial charge on any atom is -0.378 e. The highest BCUT2D eigenvalue weighted by Gasteiger charge is 2.27. The monoisotopic (exact) mass is 442 g/mol. The van der Waals surface area contributed by atoms with E-state index < -0.39 is 9.85 Å². The van der Waals surface area contributed by atoms with Crippen molar-refractivity contribution in [2.45, 2.75) is 0 Å². The topological polar surface area (TPSA) is 128 Å². The van der Waals surface area contributed by atoms with Crippen molar-refractivity contribution in [1.82, 2.24) is 0 Å². The van der Waals surface area contributed by atoms with Crippen LogP contribution in [0.4, 0.5) is 22.7 Å². The van der Waals surface area contributed by atoms with Crippen molar-refractivity contribution in [1.29, 1.82) is 0 Å². The van der Waals surface area contributed by atoms with Crippen molar-refractivity contribution in [3.05, 3.63) is 67.8 Å². The molecule has 2 aromatic rings. The Morgan fingerprint density at radius 1 is 0.719 bits per heavy atom. The Hall–Kier alpha value is -3.57.